The normalized spacial score (nSPS) is 10.3. The Bertz CT molecular complexity index is 1250. The first-order chi connectivity index (χ1) is 15.6. The molecule has 158 valence electrons. The lowest BCUT2D eigenvalue weighted by molar-refractivity contribution is 0.102. The van der Waals surface area contributed by atoms with Gasteiger partial charge in [-0.3, -0.25) is 10.1 Å². The molecule has 0 aliphatic rings. The molecule has 0 radical (unpaired) electrons. The first-order valence-corrected chi connectivity index (χ1v) is 10.1. The number of urea groups is 1. The zero-order valence-corrected chi connectivity index (χ0v) is 17.5. The number of nitrogens with zero attached hydrogens (tertiary/aromatic N) is 2. The van der Waals surface area contributed by atoms with Crippen LogP contribution in [0.4, 0.5) is 22.1 Å². The van der Waals surface area contributed by atoms with Gasteiger partial charge in [0.2, 0.25) is 5.95 Å². The van der Waals surface area contributed by atoms with E-state index in [1.54, 1.807) is 30.3 Å². The summed E-state index contributed by atoms with van der Waals surface area (Å²) in [6, 6.07) is 24.8. The van der Waals surface area contributed by atoms with Crippen molar-refractivity contribution in [2.45, 2.75) is 0 Å². The van der Waals surface area contributed by atoms with Crippen LogP contribution in [0.25, 0.3) is 11.1 Å². The van der Waals surface area contributed by atoms with E-state index in [-0.39, 0.29) is 17.0 Å². The quantitative estimate of drug-likeness (QED) is 0.345. The van der Waals surface area contributed by atoms with Crippen molar-refractivity contribution in [1.82, 2.24) is 9.97 Å². The molecule has 0 saturated heterocycles. The van der Waals surface area contributed by atoms with Crippen LogP contribution in [0, 0.1) is 0 Å². The van der Waals surface area contributed by atoms with Crippen LogP contribution >= 0.6 is 11.6 Å². The lowest BCUT2D eigenvalue weighted by Crippen LogP contribution is -2.22. The average molecular weight is 444 g/mol. The summed E-state index contributed by atoms with van der Waals surface area (Å²) >= 11 is 5.85. The van der Waals surface area contributed by atoms with Gasteiger partial charge in [-0.15, -0.1) is 0 Å². The fraction of sp³-hybridized carbons (Fsp3) is 0. The summed E-state index contributed by atoms with van der Waals surface area (Å²) < 4.78 is 0. The molecule has 8 heteroatoms. The SMILES string of the molecule is O=C(Nc1nccc(Cl)n1)Nc1cc(C(=O)Nc2ccccc2)ccc1-c1ccccc1. The molecule has 0 saturated carbocycles. The van der Waals surface area contributed by atoms with Gasteiger partial charge in [-0.2, -0.15) is 0 Å². The largest absolute Gasteiger partial charge is 0.326 e. The Morgan fingerprint density at radius 3 is 2.22 bits per heavy atom. The maximum atomic E-state index is 12.8. The number of amides is 3. The molecular weight excluding hydrogens is 426 g/mol. The molecule has 4 rings (SSSR count). The number of carbonyl (C=O) groups is 2. The first-order valence-electron chi connectivity index (χ1n) is 9.71. The number of para-hydroxylation sites is 1. The van der Waals surface area contributed by atoms with Crippen molar-refractivity contribution in [3.05, 3.63) is 102 Å². The highest BCUT2D eigenvalue weighted by Crippen LogP contribution is 2.29. The van der Waals surface area contributed by atoms with Gasteiger partial charge in [0.1, 0.15) is 5.15 Å². The molecule has 32 heavy (non-hydrogen) atoms. The predicted octanol–water partition coefficient (Wildman–Crippen LogP) is 5.69. The molecule has 1 aromatic heterocycles. The predicted molar refractivity (Wildman–Crippen MR) is 126 cm³/mol. The Hall–Kier alpha value is -4.23. The van der Waals surface area contributed by atoms with Crippen LogP contribution in [0.3, 0.4) is 0 Å². The highest BCUT2D eigenvalue weighted by molar-refractivity contribution is 6.29. The topological polar surface area (TPSA) is 96.0 Å². The van der Waals surface area contributed by atoms with Gasteiger partial charge in [0.25, 0.3) is 5.91 Å². The average Bonchev–Trinajstić information content (AvgIpc) is 2.80. The highest BCUT2D eigenvalue weighted by Gasteiger charge is 2.14. The van der Waals surface area contributed by atoms with Crippen LogP contribution in [0.15, 0.2) is 91.1 Å². The molecule has 3 N–H and O–H groups in total. The summed E-state index contributed by atoms with van der Waals surface area (Å²) in [6.07, 6.45) is 1.44. The lowest BCUT2D eigenvalue weighted by atomic mass is 10.0. The van der Waals surface area contributed by atoms with Gasteiger partial charge in [0.15, 0.2) is 0 Å². The number of anilines is 3. The molecule has 0 aliphatic carbocycles. The van der Waals surface area contributed by atoms with E-state index < -0.39 is 6.03 Å². The summed E-state index contributed by atoms with van der Waals surface area (Å²) in [6.45, 7) is 0. The van der Waals surface area contributed by atoms with Crippen molar-refractivity contribution < 1.29 is 9.59 Å². The Kier molecular flexibility index (Phi) is 6.38. The Balaban J connectivity index is 1.62. The van der Waals surface area contributed by atoms with E-state index in [4.69, 9.17) is 11.6 Å². The van der Waals surface area contributed by atoms with Crippen LogP contribution < -0.4 is 16.0 Å². The monoisotopic (exact) mass is 443 g/mol. The zero-order chi connectivity index (χ0) is 22.3. The molecule has 0 atom stereocenters. The fourth-order valence-electron chi connectivity index (χ4n) is 3.04. The number of hydrogen-bond donors (Lipinski definition) is 3. The minimum absolute atomic E-state index is 0.0641. The maximum Gasteiger partial charge on any atom is 0.326 e. The van der Waals surface area contributed by atoms with Gasteiger partial charge in [0, 0.05) is 23.0 Å². The maximum absolute atomic E-state index is 12.8. The zero-order valence-electron chi connectivity index (χ0n) is 16.7. The molecule has 0 bridgehead atoms. The number of benzene rings is 3. The van der Waals surface area contributed by atoms with Crippen LogP contribution in [0.2, 0.25) is 5.15 Å². The Labute approximate surface area is 189 Å². The minimum atomic E-state index is -0.565. The number of halogens is 1. The van der Waals surface area contributed by atoms with Gasteiger partial charge < -0.3 is 10.6 Å². The Morgan fingerprint density at radius 1 is 0.781 bits per heavy atom. The fourth-order valence-corrected chi connectivity index (χ4v) is 3.17. The van der Waals surface area contributed by atoms with E-state index in [0.29, 0.717) is 16.9 Å². The number of hydrogen-bond acceptors (Lipinski definition) is 4. The second-order valence-corrected chi connectivity index (χ2v) is 7.12. The molecule has 4 aromatic rings. The van der Waals surface area contributed by atoms with E-state index in [0.717, 1.165) is 11.1 Å². The number of nitrogens with one attached hydrogen (secondary N) is 3. The third-order valence-electron chi connectivity index (χ3n) is 4.49. The van der Waals surface area contributed by atoms with Crippen molar-refractivity contribution in [1.29, 1.82) is 0 Å². The number of aromatic nitrogens is 2. The molecule has 7 nitrogen and oxygen atoms in total. The standard InChI is InChI=1S/C24H18ClN5O2/c25-21-13-14-26-23(29-21)30-24(32)28-20-15-17(22(31)27-18-9-5-2-6-10-18)11-12-19(20)16-7-3-1-4-8-16/h1-15H,(H,27,31)(H2,26,28,29,30,32). The highest BCUT2D eigenvalue weighted by atomic mass is 35.5. The van der Waals surface area contributed by atoms with Crippen LogP contribution in [-0.2, 0) is 0 Å². The first kappa shape index (κ1) is 21.0. The molecule has 0 unspecified atom stereocenters. The van der Waals surface area contributed by atoms with Crippen LogP contribution in [0.5, 0.6) is 0 Å². The van der Waals surface area contributed by atoms with Gasteiger partial charge in [-0.25, -0.2) is 14.8 Å². The molecule has 3 amide bonds. The number of carbonyl (C=O) groups excluding carboxylic acids is 2. The van der Waals surface area contributed by atoms with E-state index in [1.807, 2.05) is 48.5 Å². The van der Waals surface area contributed by atoms with Crippen molar-refractivity contribution in [2.24, 2.45) is 0 Å². The van der Waals surface area contributed by atoms with E-state index in [1.165, 1.54) is 12.3 Å². The molecule has 0 fully saturated rings. The molecule has 1 heterocycles. The summed E-state index contributed by atoms with van der Waals surface area (Å²) in [4.78, 5) is 33.3. The van der Waals surface area contributed by atoms with Crippen molar-refractivity contribution in [3.63, 3.8) is 0 Å². The van der Waals surface area contributed by atoms with E-state index in [2.05, 4.69) is 25.9 Å². The smallest absolute Gasteiger partial charge is 0.322 e. The third kappa shape index (κ3) is 5.27. The van der Waals surface area contributed by atoms with Crippen molar-refractivity contribution >= 4 is 40.9 Å². The van der Waals surface area contributed by atoms with Crippen LogP contribution in [-0.4, -0.2) is 21.9 Å². The molecule has 0 aliphatic heterocycles. The Morgan fingerprint density at radius 2 is 1.50 bits per heavy atom. The van der Waals surface area contributed by atoms with Crippen LogP contribution in [0.1, 0.15) is 10.4 Å². The third-order valence-corrected chi connectivity index (χ3v) is 4.70. The summed E-state index contributed by atoms with van der Waals surface area (Å²) in [7, 11) is 0. The molecule has 3 aromatic carbocycles. The van der Waals surface area contributed by atoms with E-state index in [9.17, 15) is 9.59 Å². The van der Waals surface area contributed by atoms with Crippen molar-refractivity contribution in [3.8, 4) is 11.1 Å². The number of rotatable bonds is 5. The van der Waals surface area contributed by atoms with Gasteiger partial charge in [-0.1, -0.05) is 66.2 Å². The van der Waals surface area contributed by atoms with Gasteiger partial charge in [0.05, 0.1) is 5.69 Å². The second-order valence-electron chi connectivity index (χ2n) is 6.73. The lowest BCUT2D eigenvalue weighted by Gasteiger charge is -2.14. The second kappa shape index (κ2) is 9.72. The van der Waals surface area contributed by atoms with E-state index >= 15 is 0 Å². The molecular formula is C24H18ClN5O2. The summed E-state index contributed by atoms with van der Waals surface area (Å²) in [5, 5.41) is 8.37. The van der Waals surface area contributed by atoms with Crippen molar-refractivity contribution in [2.75, 3.05) is 16.0 Å². The summed E-state index contributed by atoms with van der Waals surface area (Å²) in [5.41, 5.74) is 3.16. The molecule has 0 spiro atoms. The van der Waals surface area contributed by atoms with Gasteiger partial charge >= 0.3 is 6.03 Å². The minimum Gasteiger partial charge on any atom is -0.322 e. The summed E-state index contributed by atoms with van der Waals surface area (Å²) in [5.74, 6) is -0.230. The van der Waals surface area contributed by atoms with Gasteiger partial charge in [-0.05, 0) is 35.9 Å².